The summed E-state index contributed by atoms with van der Waals surface area (Å²) < 4.78 is 13.0. The molecule has 4 nitrogen and oxygen atoms in total. The number of aromatic nitrogens is 2. The molecule has 0 radical (unpaired) electrons. The zero-order valence-corrected chi connectivity index (χ0v) is 38.2. The maximum Gasteiger partial charge on any atom is 0.143 e. The van der Waals surface area contributed by atoms with Gasteiger partial charge in [0.05, 0.1) is 11.4 Å². The van der Waals surface area contributed by atoms with E-state index in [1.807, 2.05) is 36.7 Å². The van der Waals surface area contributed by atoms with Crippen molar-refractivity contribution in [2.45, 2.75) is 38.5 Å². The Bertz CT molecular complexity index is 3840. The third kappa shape index (κ3) is 5.61. The van der Waals surface area contributed by atoms with Gasteiger partial charge in [0.15, 0.2) is 0 Å². The second-order valence-corrected chi connectivity index (χ2v) is 19.7. The highest BCUT2D eigenvalue weighted by Crippen LogP contribution is 2.53. The highest BCUT2D eigenvalue weighted by molar-refractivity contribution is 6.11. The highest BCUT2D eigenvalue weighted by Gasteiger charge is 2.37. The number of nitrogens with zero attached hydrogens (tertiary/aromatic N) is 2. The number of fused-ring (bicyclic) bond motifs is 12. The lowest BCUT2D eigenvalue weighted by molar-refractivity contribution is 0.660. The number of pyridine rings is 2. The van der Waals surface area contributed by atoms with Crippen molar-refractivity contribution in [1.82, 2.24) is 9.97 Å². The van der Waals surface area contributed by atoms with Crippen LogP contribution in [0, 0.1) is 0 Å². The zero-order valence-electron chi connectivity index (χ0n) is 38.2. The molecule has 2 aliphatic rings. The summed E-state index contributed by atoms with van der Waals surface area (Å²) in [5.74, 6) is 0. The van der Waals surface area contributed by atoms with E-state index in [1.165, 1.54) is 44.5 Å². The van der Waals surface area contributed by atoms with Gasteiger partial charge in [0, 0.05) is 55.9 Å². The number of hydrogen-bond donors (Lipinski definition) is 0. The lowest BCUT2D eigenvalue weighted by Gasteiger charge is -2.21. The minimum absolute atomic E-state index is 0.136. The summed E-state index contributed by atoms with van der Waals surface area (Å²) in [6.45, 7) is 9.34. The molecule has 68 heavy (non-hydrogen) atoms. The van der Waals surface area contributed by atoms with Crippen LogP contribution in [0.1, 0.15) is 49.9 Å². The Balaban J connectivity index is 0.807. The molecule has 0 N–H and O–H groups in total. The minimum Gasteiger partial charge on any atom is -0.455 e. The molecule has 14 rings (SSSR count). The van der Waals surface area contributed by atoms with Crippen molar-refractivity contribution in [3.05, 3.63) is 217 Å². The first-order valence-electron chi connectivity index (χ1n) is 23.5. The van der Waals surface area contributed by atoms with E-state index in [9.17, 15) is 0 Å². The van der Waals surface area contributed by atoms with Crippen LogP contribution in [0.3, 0.4) is 0 Å². The van der Waals surface area contributed by atoms with E-state index < -0.39 is 0 Å². The van der Waals surface area contributed by atoms with Gasteiger partial charge in [0.25, 0.3) is 0 Å². The molecular weight excluding hydrogens is 829 g/mol. The Hall–Kier alpha value is -8.34. The molecule has 0 aliphatic heterocycles. The monoisotopic (exact) mass is 872 g/mol. The Labute approximate surface area is 394 Å². The van der Waals surface area contributed by atoms with E-state index in [-0.39, 0.29) is 10.8 Å². The largest absolute Gasteiger partial charge is 0.455 e. The first-order chi connectivity index (χ1) is 33.2. The van der Waals surface area contributed by atoms with Crippen molar-refractivity contribution >= 4 is 43.9 Å². The number of furan rings is 2. The predicted octanol–water partition coefficient (Wildman–Crippen LogP) is 17.2. The van der Waals surface area contributed by atoms with Crippen molar-refractivity contribution in [2.24, 2.45) is 0 Å². The average molecular weight is 873 g/mol. The molecule has 4 aromatic heterocycles. The normalized spacial score (nSPS) is 14.1. The maximum absolute atomic E-state index is 6.48. The zero-order chi connectivity index (χ0) is 45.5. The Morgan fingerprint density at radius 1 is 0.309 bits per heavy atom. The number of hydrogen-bond acceptors (Lipinski definition) is 4. The van der Waals surface area contributed by atoms with E-state index in [2.05, 4.69) is 185 Å². The second kappa shape index (κ2) is 14.1. The summed E-state index contributed by atoms with van der Waals surface area (Å²) in [5, 5.41) is 4.56. The minimum atomic E-state index is -0.136. The molecule has 12 aromatic rings. The van der Waals surface area contributed by atoms with E-state index >= 15 is 0 Å². The predicted molar refractivity (Wildman–Crippen MR) is 279 cm³/mol. The molecule has 8 aromatic carbocycles. The quantitative estimate of drug-likeness (QED) is 0.173. The summed E-state index contributed by atoms with van der Waals surface area (Å²) >= 11 is 0. The van der Waals surface area contributed by atoms with Crippen molar-refractivity contribution in [3.63, 3.8) is 0 Å². The molecule has 4 heteroatoms. The van der Waals surface area contributed by atoms with Crippen LogP contribution in [0.25, 0.3) is 122 Å². The summed E-state index contributed by atoms with van der Waals surface area (Å²) in [5.41, 5.74) is 24.5. The topological polar surface area (TPSA) is 52.1 Å². The average Bonchev–Trinajstić information content (AvgIpc) is 4.08. The van der Waals surface area contributed by atoms with E-state index in [0.29, 0.717) is 0 Å². The molecule has 4 heterocycles. The maximum atomic E-state index is 6.48. The first kappa shape index (κ1) is 38.9. The molecule has 0 unspecified atom stereocenters. The van der Waals surface area contributed by atoms with Gasteiger partial charge in [-0.05, 0) is 139 Å². The van der Waals surface area contributed by atoms with Crippen LogP contribution in [-0.2, 0) is 10.8 Å². The standard InChI is InChI=1S/C64H44N2O2/c1-63(2)53-23-19-37(31-49(53)51-33-41(21-25-55(51)63)43-13-9-15-47-45-11-5-7-17-59(45)67-61(43)47)39-27-29-65-57(35-39)58-36-40(28-30-66-58)38-20-24-54-50(32-38)52-34-42(22-26-56(52)64(54,3)4)44-14-10-16-48-46-12-6-8-18-60(46)68-62(44)48/h5-36H,1-4H3. The Morgan fingerprint density at radius 3 is 1.09 bits per heavy atom. The van der Waals surface area contributed by atoms with Crippen LogP contribution in [-0.4, -0.2) is 9.97 Å². The molecule has 0 spiro atoms. The number of para-hydroxylation sites is 4. The fourth-order valence-electron chi connectivity index (χ4n) is 11.7. The summed E-state index contributed by atoms with van der Waals surface area (Å²) in [6.07, 6.45) is 3.82. The van der Waals surface area contributed by atoms with Crippen molar-refractivity contribution < 1.29 is 8.83 Å². The fraction of sp³-hybridized carbons (Fsp3) is 0.0938. The van der Waals surface area contributed by atoms with Crippen LogP contribution in [0.2, 0.25) is 0 Å². The van der Waals surface area contributed by atoms with Gasteiger partial charge in [-0.1, -0.05) is 149 Å². The molecular formula is C64H44N2O2. The van der Waals surface area contributed by atoms with Gasteiger partial charge in [0.2, 0.25) is 0 Å². The van der Waals surface area contributed by atoms with Gasteiger partial charge < -0.3 is 8.83 Å². The summed E-state index contributed by atoms with van der Waals surface area (Å²) in [4.78, 5) is 9.78. The van der Waals surface area contributed by atoms with E-state index in [4.69, 9.17) is 18.8 Å². The molecule has 0 bridgehead atoms. The lowest BCUT2D eigenvalue weighted by atomic mass is 9.82. The third-order valence-corrected chi connectivity index (χ3v) is 15.2. The van der Waals surface area contributed by atoms with Gasteiger partial charge in [0.1, 0.15) is 22.3 Å². The van der Waals surface area contributed by atoms with Crippen LogP contribution in [0.15, 0.2) is 203 Å². The van der Waals surface area contributed by atoms with Crippen LogP contribution in [0.5, 0.6) is 0 Å². The smallest absolute Gasteiger partial charge is 0.143 e. The number of benzene rings is 8. The molecule has 0 amide bonds. The second-order valence-electron chi connectivity index (χ2n) is 19.7. The lowest BCUT2D eigenvalue weighted by Crippen LogP contribution is -2.14. The van der Waals surface area contributed by atoms with Crippen LogP contribution >= 0.6 is 0 Å². The van der Waals surface area contributed by atoms with Crippen LogP contribution < -0.4 is 0 Å². The first-order valence-corrected chi connectivity index (χ1v) is 23.5. The van der Waals surface area contributed by atoms with E-state index in [1.54, 1.807) is 0 Å². The van der Waals surface area contributed by atoms with Gasteiger partial charge in [-0.3, -0.25) is 9.97 Å². The third-order valence-electron chi connectivity index (χ3n) is 15.2. The SMILES string of the molecule is CC1(C)c2ccc(-c3ccnc(-c4cc(-c5ccc6c(c5)-c5cc(-c7cccc8c7oc7ccccc78)ccc5C6(C)C)ccn4)c3)cc2-c2cc(-c3cccc4c3oc3ccccc34)ccc21. The summed E-state index contributed by atoms with van der Waals surface area (Å²) in [7, 11) is 0. The summed E-state index contributed by atoms with van der Waals surface area (Å²) in [6, 6.07) is 65.9. The molecule has 0 saturated heterocycles. The van der Waals surface area contributed by atoms with Gasteiger partial charge in [-0.15, -0.1) is 0 Å². The van der Waals surface area contributed by atoms with Crippen molar-refractivity contribution in [1.29, 1.82) is 0 Å². The van der Waals surface area contributed by atoms with Gasteiger partial charge in [-0.2, -0.15) is 0 Å². The van der Waals surface area contributed by atoms with Crippen molar-refractivity contribution in [2.75, 3.05) is 0 Å². The number of rotatable bonds is 5. The molecule has 0 fully saturated rings. The Morgan fingerprint density at radius 2 is 0.662 bits per heavy atom. The van der Waals surface area contributed by atoms with Crippen molar-refractivity contribution in [3.8, 4) is 78.1 Å². The van der Waals surface area contributed by atoms with Gasteiger partial charge >= 0.3 is 0 Å². The fourth-order valence-corrected chi connectivity index (χ4v) is 11.7. The van der Waals surface area contributed by atoms with Crippen LogP contribution in [0.4, 0.5) is 0 Å². The molecule has 2 aliphatic carbocycles. The van der Waals surface area contributed by atoms with E-state index in [0.717, 1.165) is 99.8 Å². The molecule has 322 valence electrons. The van der Waals surface area contributed by atoms with Gasteiger partial charge in [-0.25, -0.2) is 0 Å². The molecule has 0 atom stereocenters. The molecule has 0 saturated carbocycles. The Kier molecular flexibility index (Phi) is 8.06. The highest BCUT2D eigenvalue weighted by atomic mass is 16.3.